The highest BCUT2D eigenvalue weighted by Gasteiger charge is 2.15. The van der Waals surface area contributed by atoms with Gasteiger partial charge in [0.25, 0.3) is 0 Å². The SMILES string of the molecule is NCCc1c(CO)cccc1OCC1CCCCC1. The number of hydrogen-bond donors (Lipinski definition) is 2. The summed E-state index contributed by atoms with van der Waals surface area (Å²) < 4.78 is 6.00. The van der Waals surface area contributed by atoms with Crippen LogP contribution in [0.2, 0.25) is 0 Å². The number of aliphatic hydroxyl groups excluding tert-OH is 1. The summed E-state index contributed by atoms with van der Waals surface area (Å²) in [4.78, 5) is 0. The highest BCUT2D eigenvalue weighted by Crippen LogP contribution is 2.27. The summed E-state index contributed by atoms with van der Waals surface area (Å²) in [5, 5.41) is 9.39. The molecular weight excluding hydrogens is 238 g/mol. The van der Waals surface area contributed by atoms with Crippen molar-refractivity contribution in [2.24, 2.45) is 11.7 Å². The predicted octanol–water partition coefficient (Wildman–Crippen LogP) is 2.64. The van der Waals surface area contributed by atoms with E-state index in [0.717, 1.165) is 29.9 Å². The van der Waals surface area contributed by atoms with Crippen LogP contribution in [-0.4, -0.2) is 18.3 Å². The molecule has 3 nitrogen and oxygen atoms in total. The summed E-state index contributed by atoms with van der Waals surface area (Å²) in [6, 6.07) is 5.88. The zero-order chi connectivity index (χ0) is 13.5. The van der Waals surface area contributed by atoms with Gasteiger partial charge in [0.1, 0.15) is 5.75 Å². The van der Waals surface area contributed by atoms with E-state index in [2.05, 4.69) is 0 Å². The maximum absolute atomic E-state index is 9.39. The van der Waals surface area contributed by atoms with Crippen LogP contribution in [0.5, 0.6) is 5.75 Å². The molecule has 1 aromatic rings. The maximum atomic E-state index is 9.39. The summed E-state index contributed by atoms with van der Waals surface area (Å²) in [5.41, 5.74) is 7.66. The van der Waals surface area contributed by atoms with E-state index >= 15 is 0 Å². The monoisotopic (exact) mass is 263 g/mol. The van der Waals surface area contributed by atoms with Gasteiger partial charge in [-0.1, -0.05) is 31.4 Å². The molecule has 0 saturated heterocycles. The van der Waals surface area contributed by atoms with Gasteiger partial charge in [0, 0.05) is 5.56 Å². The number of ether oxygens (including phenoxy) is 1. The van der Waals surface area contributed by atoms with Crippen LogP contribution in [0.1, 0.15) is 43.2 Å². The second-order valence-corrected chi connectivity index (χ2v) is 5.41. The van der Waals surface area contributed by atoms with Crippen molar-refractivity contribution >= 4 is 0 Å². The van der Waals surface area contributed by atoms with Crippen molar-refractivity contribution in [3.63, 3.8) is 0 Å². The molecule has 0 atom stereocenters. The topological polar surface area (TPSA) is 55.5 Å². The fraction of sp³-hybridized carbons (Fsp3) is 0.625. The van der Waals surface area contributed by atoms with Gasteiger partial charge in [-0.3, -0.25) is 0 Å². The Labute approximate surface area is 115 Å². The molecule has 1 aliphatic carbocycles. The smallest absolute Gasteiger partial charge is 0.122 e. The van der Waals surface area contributed by atoms with Gasteiger partial charge in [-0.25, -0.2) is 0 Å². The molecule has 0 spiro atoms. The molecule has 0 unspecified atom stereocenters. The van der Waals surface area contributed by atoms with E-state index in [1.165, 1.54) is 32.1 Å². The van der Waals surface area contributed by atoms with Gasteiger partial charge in [-0.05, 0) is 43.4 Å². The number of aliphatic hydroxyl groups is 1. The number of rotatable bonds is 6. The van der Waals surface area contributed by atoms with E-state index in [0.29, 0.717) is 12.5 Å². The normalized spacial score (nSPS) is 16.5. The third-order valence-electron chi connectivity index (χ3n) is 3.99. The van der Waals surface area contributed by atoms with Crippen molar-refractivity contribution in [1.29, 1.82) is 0 Å². The minimum atomic E-state index is 0.0515. The van der Waals surface area contributed by atoms with Gasteiger partial charge < -0.3 is 15.6 Å². The maximum Gasteiger partial charge on any atom is 0.122 e. The third kappa shape index (κ3) is 3.95. The average Bonchev–Trinajstić information content (AvgIpc) is 2.47. The molecule has 3 heteroatoms. The largest absolute Gasteiger partial charge is 0.493 e. The van der Waals surface area contributed by atoms with Crippen molar-refractivity contribution < 1.29 is 9.84 Å². The molecule has 0 aliphatic heterocycles. The molecule has 1 fully saturated rings. The van der Waals surface area contributed by atoms with Crippen molar-refractivity contribution in [2.75, 3.05) is 13.2 Å². The highest BCUT2D eigenvalue weighted by molar-refractivity contribution is 5.40. The van der Waals surface area contributed by atoms with Gasteiger partial charge in [0.15, 0.2) is 0 Å². The van der Waals surface area contributed by atoms with Crippen molar-refractivity contribution in [1.82, 2.24) is 0 Å². The predicted molar refractivity (Wildman–Crippen MR) is 77.2 cm³/mol. The molecule has 19 heavy (non-hydrogen) atoms. The van der Waals surface area contributed by atoms with E-state index < -0.39 is 0 Å². The lowest BCUT2D eigenvalue weighted by Gasteiger charge is -2.23. The van der Waals surface area contributed by atoms with E-state index in [4.69, 9.17) is 10.5 Å². The third-order valence-corrected chi connectivity index (χ3v) is 3.99. The Kier molecular flexibility index (Phi) is 5.67. The fourth-order valence-corrected chi connectivity index (χ4v) is 2.88. The number of benzene rings is 1. The molecule has 1 aliphatic rings. The van der Waals surface area contributed by atoms with E-state index in [9.17, 15) is 5.11 Å². The van der Waals surface area contributed by atoms with Crippen LogP contribution in [0, 0.1) is 5.92 Å². The van der Waals surface area contributed by atoms with Crippen LogP contribution in [0.15, 0.2) is 18.2 Å². The van der Waals surface area contributed by atoms with Crippen molar-refractivity contribution in [3.05, 3.63) is 29.3 Å². The number of nitrogens with two attached hydrogens (primary N) is 1. The first kappa shape index (κ1) is 14.4. The molecule has 1 aromatic carbocycles. The molecule has 0 amide bonds. The first-order chi connectivity index (χ1) is 9.35. The molecule has 1 saturated carbocycles. The Bertz CT molecular complexity index is 386. The Morgan fingerprint density at radius 3 is 2.68 bits per heavy atom. The summed E-state index contributed by atoms with van der Waals surface area (Å²) in [6.07, 6.45) is 7.37. The quantitative estimate of drug-likeness (QED) is 0.829. The summed E-state index contributed by atoms with van der Waals surface area (Å²) in [7, 11) is 0. The Balaban J connectivity index is 2.01. The fourth-order valence-electron chi connectivity index (χ4n) is 2.88. The average molecular weight is 263 g/mol. The first-order valence-corrected chi connectivity index (χ1v) is 7.39. The molecule has 0 aromatic heterocycles. The van der Waals surface area contributed by atoms with Crippen LogP contribution in [0.3, 0.4) is 0 Å². The zero-order valence-corrected chi connectivity index (χ0v) is 11.6. The molecule has 0 radical (unpaired) electrons. The van der Waals surface area contributed by atoms with Crippen LogP contribution in [0.4, 0.5) is 0 Å². The summed E-state index contributed by atoms with van der Waals surface area (Å²) >= 11 is 0. The second kappa shape index (κ2) is 7.51. The summed E-state index contributed by atoms with van der Waals surface area (Å²) in [6.45, 7) is 1.43. The molecule has 2 rings (SSSR count). The van der Waals surface area contributed by atoms with Crippen LogP contribution < -0.4 is 10.5 Å². The van der Waals surface area contributed by atoms with Crippen LogP contribution in [-0.2, 0) is 13.0 Å². The lowest BCUT2D eigenvalue weighted by Crippen LogP contribution is -2.16. The van der Waals surface area contributed by atoms with E-state index in [1.807, 2.05) is 18.2 Å². The van der Waals surface area contributed by atoms with Gasteiger partial charge >= 0.3 is 0 Å². The lowest BCUT2D eigenvalue weighted by molar-refractivity contribution is 0.206. The minimum absolute atomic E-state index is 0.0515. The molecular formula is C16H25NO2. The molecule has 106 valence electrons. The van der Waals surface area contributed by atoms with Crippen molar-refractivity contribution in [3.8, 4) is 5.75 Å². The molecule has 3 N–H and O–H groups in total. The lowest BCUT2D eigenvalue weighted by atomic mass is 9.90. The van der Waals surface area contributed by atoms with Gasteiger partial charge in [-0.15, -0.1) is 0 Å². The second-order valence-electron chi connectivity index (χ2n) is 5.41. The minimum Gasteiger partial charge on any atom is -0.493 e. The standard InChI is InChI=1S/C16H25NO2/c17-10-9-15-14(11-18)7-4-8-16(15)19-12-13-5-2-1-3-6-13/h4,7-8,13,18H,1-3,5-6,9-12,17H2. The van der Waals surface area contributed by atoms with Gasteiger partial charge in [0.05, 0.1) is 13.2 Å². The highest BCUT2D eigenvalue weighted by atomic mass is 16.5. The van der Waals surface area contributed by atoms with Gasteiger partial charge in [-0.2, -0.15) is 0 Å². The summed E-state index contributed by atoms with van der Waals surface area (Å²) in [5.74, 6) is 1.60. The van der Waals surface area contributed by atoms with Crippen molar-refractivity contribution in [2.45, 2.75) is 45.1 Å². The van der Waals surface area contributed by atoms with E-state index in [-0.39, 0.29) is 6.61 Å². The zero-order valence-electron chi connectivity index (χ0n) is 11.6. The van der Waals surface area contributed by atoms with Crippen LogP contribution in [0.25, 0.3) is 0 Å². The molecule has 0 heterocycles. The molecule has 0 bridgehead atoms. The van der Waals surface area contributed by atoms with Crippen LogP contribution >= 0.6 is 0 Å². The van der Waals surface area contributed by atoms with E-state index in [1.54, 1.807) is 0 Å². The first-order valence-electron chi connectivity index (χ1n) is 7.39. The van der Waals surface area contributed by atoms with Gasteiger partial charge in [0.2, 0.25) is 0 Å². The number of hydrogen-bond acceptors (Lipinski definition) is 3. The Morgan fingerprint density at radius 2 is 2.00 bits per heavy atom. The Hall–Kier alpha value is -1.06. The Morgan fingerprint density at radius 1 is 1.21 bits per heavy atom.